The van der Waals surface area contributed by atoms with E-state index in [-0.39, 0.29) is 11.7 Å². The van der Waals surface area contributed by atoms with Gasteiger partial charge in [-0.1, -0.05) is 0 Å². The first kappa shape index (κ1) is 15.2. The summed E-state index contributed by atoms with van der Waals surface area (Å²) in [5.74, 6) is 0.122. The van der Waals surface area contributed by atoms with Gasteiger partial charge < -0.3 is 15.0 Å². The van der Waals surface area contributed by atoms with Crippen LogP contribution in [-0.4, -0.2) is 53.5 Å². The number of anilines is 1. The number of amides is 1. The zero-order valence-electron chi connectivity index (χ0n) is 12.4. The highest BCUT2D eigenvalue weighted by atomic mass is 16.5. The minimum absolute atomic E-state index is 0.0193. The summed E-state index contributed by atoms with van der Waals surface area (Å²) in [6.07, 6.45) is 2.59. The fourth-order valence-electron chi connectivity index (χ4n) is 2.26. The number of aromatic nitrogens is 2. The molecule has 1 aromatic rings. The van der Waals surface area contributed by atoms with Crippen molar-refractivity contribution in [2.75, 3.05) is 32.1 Å². The van der Waals surface area contributed by atoms with E-state index in [1.165, 1.54) is 7.11 Å². The lowest BCUT2D eigenvalue weighted by Gasteiger charge is -2.15. The van der Waals surface area contributed by atoms with Crippen molar-refractivity contribution in [3.05, 3.63) is 17.6 Å². The first-order valence-electron chi connectivity index (χ1n) is 7.06. The fourth-order valence-corrected chi connectivity index (χ4v) is 2.26. The van der Waals surface area contributed by atoms with Crippen LogP contribution in [0.3, 0.4) is 0 Å². The smallest absolute Gasteiger partial charge is 0.376 e. The molecule has 1 amide bonds. The summed E-state index contributed by atoms with van der Waals surface area (Å²) in [5, 5.41) is 3.05. The van der Waals surface area contributed by atoms with E-state index in [0.29, 0.717) is 24.5 Å². The third-order valence-electron chi connectivity index (χ3n) is 3.33. The molecule has 1 aliphatic heterocycles. The number of hydrogen-bond donors (Lipinski definition) is 1. The molecule has 1 fully saturated rings. The van der Waals surface area contributed by atoms with E-state index < -0.39 is 5.97 Å². The first-order valence-corrected chi connectivity index (χ1v) is 7.06. The molecule has 7 nitrogen and oxygen atoms in total. The largest absolute Gasteiger partial charge is 0.463 e. The van der Waals surface area contributed by atoms with E-state index in [1.807, 2.05) is 4.90 Å². The van der Waals surface area contributed by atoms with Crippen LogP contribution in [-0.2, 0) is 9.53 Å². The Morgan fingerprint density at radius 3 is 2.71 bits per heavy atom. The van der Waals surface area contributed by atoms with Crippen molar-refractivity contribution >= 4 is 17.7 Å². The maximum atomic E-state index is 11.9. The van der Waals surface area contributed by atoms with Crippen LogP contribution in [0.2, 0.25) is 0 Å². The molecule has 0 unspecified atom stereocenters. The lowest BCUT2D eigenvalue weighted by atomic mass is 10.3. The molecular formula is C14H20N4O3. The highest BCUT2D eigenvalue weighted by Gasteiger charge is 2.17. The van der Waals surface area contributed by atoms with Crippen LogP contribution in [0.1, 0.15) is 35.6 Å². The zero-order valence-corrected chi connectivity index (χ0v) is 12.4. The summed E-state index contributed by atoms with van der Waals surface area (Å²) in [6.45, 7) is 3.97. The van der Waals surface area contributed by atoms with Crippen LogP contribution in [0.4, 0.5) is 5.82 Å². The van der Waals surface area contributed by atoms with Crippen molar-refractivity contribution in [3.8, 4) is 0 Å². The maximum absolute atomic E-state index is 11.9. The molecule has 0 aromatic carbocycles. The van der Waals surface area contributed by atoms with Gasteiger partial charge in [-0.3, -0.25) is 4.79 Å². The predicted octanol–water partition coefficient (Wildman–Crippen LogP) is 0.996. The molecule has 2 rings (SSSR count). The Morgan fingerprint density at radius 2 is 2.05 bits per heavy atom. The third kappa shape index (κ3) is 4.14. The molecule has 0 bridgehead atoms. The number of ether oxygens (including phenoxy) is 1. The first-order chi connectivity index (χ1) is 10.1. The van der Waals surface area contributed by atoms with Gasteiger partial charge in [-0.05, 0) is 19.8 Å². The number of nitrogens with one attached hydrogen (secondary N) is 1. The van der Waals surface area contributed by atoms with Crippen molar-refractivity contribution in [2.24, 2.45) is 0 Å². The Balaban J connectivity index is 1.89. The van der Waals surface area contributed by atoms with Gasteiger partial charge >= 0.3 is 5.97 Å². The second kappa shape index (κ2) is 7.01. The summed E-state index contributed by atoms with van der Waals surface area (Å²) < 4.78 is 4.60. The summed E-state index contributed by atoms with van der Waals surface area (Å²) in [6, 6.07) is 1.73. The summed E-state index contributed by atoms with van der Waals surface area (Å²) in [5.41, 5.74) is 0.666. The standard InChI is InChI=1S/C14H20N4O3/c1-10-9-11(17-13(16-10)14(20)21-2)15-6-5-12(19)18-7-3-4-8-18/h9H,3-8H2,1-2H3,(H,15,16,17). The number of methoxy groups -OCH3 is 1. The molecule has 1 N–H and O–H groups in total. The fraction of sp³-hybridized carbons (Fsp3) is 0.571. The van der Waals surface area contributed by atoms with Gasteiger partial charge in [-0.2, -0.15) is 0 Å². The number of likely N-dealkylation sites (tertiary alicyclic amines) is 1. The molecule has 0 spiro atoms. The lowest BCUT2D eigenvalue weighted by molar-refractivity contribution is -0.129. The molecule has 21 heavy (non-hydrogen) atoms. The molecule has 0 aliphatic carbocycles. The number of nitrogens with zero attached hydrogens (tertiary/aromatic N) is 3. The monoisotopic (exact) mass is 292 g/mol. The van der Waals surface area contributed by atoms with Crippen LogP contribution in [0.5, 0.6) is 0 Å². The van der Waals surface area contributed by atoms with Gasteiger partial charge in [0.1, 0.15) is 5.82 Å². The average molecular weight is 292 g/mol. The van der Waals surface area contributed by atoms with Crippen LogP contribution in [0, 0.1) is 6.92 Å². The van der Waals surface area contributed by atoms with Crippen LogP contribution in [0.15, 0.2) is 6.07 Å². The highest BCUT2D eigenvalue weighted by molar-refractivity contribution is 5.85. The Morgan fingerprint density at radius 1 is 1.33 bits per heavy atom. The molecule has 0 saturated carbocycles. The van der Waals surface area contributed by atoms with Crippen molar-refractivity contribution in [3.63, 3.8) is 0 Å². The molecule has 0 radical (unpaired) electrons. The summed E-state index contributed by atoms with van der Waals surface area (Å²) >= 11 is 0. The van der Waals surface area contributed by atoms with Crippen molar-refractivity contribution in [2.45, 2.75) is 26.2 Å². The third-order valence-corrected chi connectivity index (χ3v) is 3.33. The van der Waals surface area contributed by atoms with Crippen LogP contribution >= 0.6 is 0 Å². The Labute approximate surface area is 123 Å². The topological polar surface area (TPSA) is 84.4 Å². The maximum Gasteiger partial charge on any atom is 0.376 e. The Kier molecular flexibility index (Phi) is 5.08. The second-order valence-corrected chi connectivity index (χ2v) is 4.97. The molecule has 0 atom stereocenters. The number of rotatable bonds is 5. The van der Waals surface area contributed by atoms with E-state index in [9.17, 15) is 9.59 Å². The van der Waals surface area contributed by atoms with Crippen LogP contribution in [0.25, 0.3) is 0 Å². The van der Waals surface area contributed by atoms with E-state index >= 15 is 0 Å². The number of aryl methyl sites for hydroxylation is 1. The molecule has 1 saturated heterocycles. The van der Waals surface area contributed by atoms with Gasteiger partial charge in [0.2, 0.25) is 11.7 Å². The molecular weight excluding hydrogens is 272 g/mol. The predicted molar refractivity (Wildman–Crippen MR) is 77.0 cm³/mol. The Bertz CT molecular complexity index is 527. The van der Waals surface area contributed by atoms with Gasteiger partial charge in [-0.25, -0.2) is 14.8 Å². The molecule has 114 valence electrons. The molecule has 1 aliphatic rings. The normalized spacial score (nSPS) is 14.1. The number of carbonyl (C=O) groups excluding carboxylic acids is 2. The van der Waals surface area contributed by atoms with Crippen LogP contribution < -0.4 is 5.32 Å². The zero-order chi connectivity index (χ0) is 15.2. The molecule has 2 heterocycles. The average Bonchev–Trinajstić information content (AvgIpc) is 3.00. The van der Waals surface area contributed by atoms with E-state index in [1.54, 1.807) is 13.0 Å². The second-order valence-electron chi connectivity index (χ2n) is 4.97. The van der Waals surface area contributed by atoms with Gasteiger partial charge in [0.15, 0.2) is 0 Å². The lowest BCUT2D eigenvalue weighted by Crippen LogP contribution is -2.29. The van der Waals surface area contributed by atoms with E-state index in [4.69, 9.17) is 0 Å². The Hall–Kier alpha value is -2.18. The number of hydrogen-bond acceptors (Lipinski definition) is 6. The van der Waals surface area contributed by atoms with Crippen molar-refractivity contribution in [1.29, 1.82) is 0 Å². The van der Waals surface area contributed by atoms with Crippen molar-refractivity contribution in [1.82, 2.24) is 14.9 Å². The van der Waals surface area contributed by atoms with E-state index in [0.717, 1.165) is 25.9 Å². The summed E-state index contributed by atoms with van der Waals surface area (Å²) in [7, 11) is 1.29. The van der Waals surface area contributed by atoms with Gasteiger partial charge in [0, 0.05) is 37.8 Å². The van der Waals surface area contributed by atoms with Gasteiger partial charge in [0.25, 0.3) is 0 Å². The number of esters is 1. The van der Waals surface area contributed by atoms with Gasteiger partial charge in [0.05, 0.1) is 7.11 Å². The minimum atomic E-state index is -0.574. The number of carbonyl (C=O) groups is 2. The molecule has 1 aromatic heterocycles. The van der Waals surface area contributed by atoms with E-state index in [2.05, 4.69) is 20.0 Å². The highest BCUT2D eigenvalue weighted by Crippen LogP contribution is 2.10. The molecule has 7 heteroatoms. The minimum Gasteiger partial charge on any atom is -0.463 e. The summed E-state index contributed by atoms with van der Waals surface area (Å²) in [4.78, 5) is 33.3. The quantitative estimate of drug-likeness (QED) is 0.815. The van der Waals surface area contributed by atoms with Crippen molar-refractivity contribution < 1.29 is 14.3 Å². The SMILES string of the molecule is COC(=O)c1nc(C)cc(NCCC(=O)N2CCCC2)n1. The van der Waals surface area contributed by atoms with Gasteiger partial charge in [-0.15, -0.1) is 0 Å².